The number of hydrogen-bond donors (Lipinski definition) is 3. The topological polar surface area (TPSA) is 74.2 Å². The lowest BCUT2D eigenvalue weighted by Gasteiger charge is -2.14. The van der Waals surface area contributed by atoms with Crippen LogP contribution in [-0.2, 0) is 6.54 Å². The quantitative estimate of drug-likeness (QED) is 0.745. The van der Waals surface area contributed by atoms with Crippen LogP contribution in [-0.4, -0.2) is 28.8 Å². The lowest BCUT2D eigenvalue weighted by Crippen LogP contribution is -2.43. The molecule has 5 nitrogen and oxygen atoms in total. The van der Waals surface area contributed by atoms with Crippen LogP contribution in [0.25, 0.3) is 0 Å². The first kappa shape index (κ1) is 13.9. The third-order valence-electron chi connectivity index (χ3n) is 2.46. The minimum atomic E-state index is -0.253. The van der Waals surface area contributed by atoms with Gasteiger partial charge in [-0.25, -0.2) is 9.78 Å². The fourth-order valence-corrected chi connectivity index (χ4v) is 2.29. The van der Waals surface area contributed by atoms with Gasteiger partial charge in [-0.05, 0) is 20.3 Å². The van der Waals surface area contributed by atoms with Gasteiger partial charge in [0.1, 0.15) is 0 Å². The Morgan fingerprint density at radius 1 is 1.53 bits per heavy atom. The Morgan fingerprint density at radius 3 is 2.71 bits per heavy atom. The highest BCUT2D eigenvalue weighted by molar-refractivity contribution is 7.11. The molecular weight excluding hydrogens is 238 g/mol. The summed E-state index contributed by atoms with van der Waals surface area (Å²) in [6, 6.07) is -0.435. The van der Waals surface area contributed by atoms with Gasteiger partial charge in [0.2, 0.25) is 0 Å². The van der Waals surface area contributed by atoms with Crippen LogP contribution in [0.15, 0.2) is 0 Å². The molecule has 0 aliphatic heterocycles. The molecule has 0 fully saturated rings. The SMILES string of the molecule is CCC(CO)NC(=O)NCc1sc(C)nc1C. The molecule has 0 bridgehead atoms. The number of nitrogens with one attached hydrogen (secondary N) is 2. The molecule has 0 aromatic carbocycles. The molecule has 1 heterocycles. The van der Waals surface area contributed by atoms with Crippen LogP contribution < -0.4 is 10.6 Å². The minimum Gasteiger partial charge on any atom is -0.394 e. The molecule has 1 unspecified atom stereocenters. The second-order valence-corrected chi connectivity index (χ2v) is 5.14. The van der Waals surface area contributed by atoms with Crippen molar-refractivity contribution in [2.45, 2.75) is 39.8 Å². The van der Waals surface area contributed by atoms with E-state index in [1.165, 1.54) is 0 Å². The first-order valence-electron chi connectivity index (χ1n) is 5.65. The highest BCUT2D eigenvalue weighted by Gasteiger charge is 2.10. The summed E-state index contributed by atoms with van der Waals surface area (Å²) in [5.41, 5.74) is 0.960. The number of aryl methyl sites for hydroxylation is 2. The zero-order valence-electron chi connectivity index (χ0n) is 10.4. The Hall–Kier alpha value is -1.14. The average molecular weight is 257 g/mol. The predicted molar refractivity (Wildman–Crippen MR) is 68.1 cm³/mol. The molecule has 0 aliphatic carbocycles. The summed E-state index contributed by atoms with van der Waals surface area (Å²) in [7, 11) is 0. The first-order chi connectivity index (χ1) is 8.06. The number of carbonyl (C=O) groups is 1. The number of amides is 2. The second kappa shape index (κ2) is 6.56. The van der Waals surface area contributed by atoms with Crippen molar-refractivity contribution >= 4 is 17.4 Å². The fraction of sp³-hybridized carbons (Fsp3) is 0.636. The van der Waals surface area contributed by atoms with Gasteiger partial charge in [0, 0.05) is 4.88 Å². The standard InChI is InChI=1S/C11H19N3O2S/c1-4-9(6-15)14-11(16)12-5-10-7(2)13-8(3)17-10/h9,15H,4-6H2,1-3H3,(H2,12,14,16). The molecule has 0 spiro atoms. The molecule has 3 N–H and O–H groups in total. The number of urea groups is 1. The second-order valence-electron chi connectivity index (χ2n) is 3.86. The summed E-state index contributed by atoms with van der Waals surface area (Å²) in [6.07, 6.45) is 0.711. The van der Waals surface area contributed by atoms with Crippen molar-refractivity contribution in [3.63, 3.8) is 0 Å². The van der Waals surface area contributed by atoms with Gasteiger partial charge in [-0.1, -0.05) is 6.92 Å². The van der Waals surface area contributed by atoms with E-state index in [2.05, 4.69) is 15.6 Å². The van der Waals surface area contributed by atoms with Crippen molar-refractivity contribution in [1.29, 1.82) is 0 Å². The lowest BCUT2D eigenvalue weighted by molar-refractivity contribution is 0.214. The van der Waals surface area contributed by atoms with Gasteiger partial charge in [0.15, 0.2) is 0 Å². The lowest BCUT2D eigenvalue weighted by atomic mass is 10.2. The Balaban J connectivity index is 2.40. The summed E-state index contributed by atoms with van der Waals surface area (Å²) in [4.78, 5) is 16.9. The van der Waals surface area contributed by atoms with Crippen molar-refractivity contribution in [2.75, 3.05) is 6.61 Å². The summed E-state index contributed by atoms with van der Waals surface area (Å²) in [5.74, 6) is 0. The van der Waals surface area contributed by atoms with E-state index in [4.69, 9.17) is 5.11 Å². The zero-order valence-corrected chi connectivity index (χ0v) is 11.2. The van der Waals surface area contributed by atoms with Crippen LogP contribution in [0.5, 0.6) is 0 Å². The Morgan fingerprint density at radius 2 is 2.24 bits per heavy atom. The minimum absolute atomic E-state index is 0.0391. The molecule has 1 aromatic heterocycles. The van der Waals surface area contributed by atoms with Crippen molar-refractivity contribution in [3.8, 4) is 0 Å². The summed E-state index contributed by atoms with van der Waals surface area (Å²) in [5, 5.41) is 15.4. The molecule has 0 radical (unpaired) electrons. The maximum atomic E-state index is 11.5. The number of nitrogens with zero attached hydrogens (tertiary/aromatic N) is 1. The third-order valence-corrected chi connectivity index (χ3v) is 3.53. The molecule has 2 amide bonds. The molecule has 1 atom stereocenters. The van der Waals surface area contributed by atoms with Crippen LogP contribution in [0.3, 0.4) is 0 Å². The number of carbonyl (C=O) groups excluding carboxylic acids is 1. The van der Waals surface area contributed by atoms with Crippen molar-refractivity contribution in [1.82, 2.24) is 15.6 Å². The largest absolute Gasteiger partial charge is 0.394 e. The molecule has 1 rings (SSSR count). The first-order valence-corrected chi connectivity index (χ1v) is 6.46. The van der Waals surface area contributed by atoms with E-state index in [0.717, 1.165) is 15.6 Å². The van der Waals surface area contributed by atoms with Crippen LogP contribution in [0.2, 0.25) is 0 Å². The van der Waals surface area contributed by atoms with Crippen molar-refractivity contribution < 1.29 is 9.90 Å². The van der Waals surface area contributed by atoms with E-state index in [9.17, 15) is 4.79 Å². The number of aromatic nitrogens is 1. The van der Waals surface area contributed by atoms with Crippen molar-refractivity contribution in [2.24, 2.45) is 0 Å². The predicted octanol–water partition coefficient (Wildman–Crippen LogP) is 1.33. The van der Waals surface area contributed by atoms with Gasteiger partial charge in [0.25, 0.3) is 0 Å². The molecule has 0 saturated carbocycles. The molecule has 96 valence electrons. The summed E-state index contributed by atoms with van der Waals surface area (Å²) in [6.45, 7) is 6.23. The van der Waals surface area contributed by atoms with Gasteiger partial charge >= 0.3 is 6.03 Å². The van der Waals surface area contributed by atoms with Crippen LogP contribution in [0.4, 0.5) is 4.79 Å². The smallest absolute Gasteiger partial charge is 0.315 e. The molecule has 17 heavy (non-hydrogen) atoms. The molecule has 6 heteroatoms. The molecule has 0 aliphatic rings. The number of aliphatic hydroxyl groups excluding tert-OH is 1. The van der Waals surface area contributed by atoms with Gasteiger partial charge in [-0.3, -0.25) is 0 Å². The summed E-state index contributed by atoms with van der Waals surface area (Å²) >= 11 is 1.58. The molecule has 0 saturated heterocycles. The van der Waals surface area contributed by atoms with E-state index in [-0.39, 0.29) is 18.7 Å². The highest BCUT2D eigenvalue weighted by atomic mass is 32.1. The monoisotopic (exact) mass is 257 g/mol. The Bertz CT molecular complexity index is 375. The van der Waals surface area contributed by atoms with E-state index in [1.807, 2.05) is 20.8 Å². The van der Waals surface area contributed by atoms with Crippen LogP contribution in [0.1, 0.15) is 28.9 Å². The highest BCUT2D eigenvalue weighted by Crippen LogP contribution is 2.16. The molecular formula is C11H19N3O2S. The Labute approximate surface area is 105 Å². The maximum absolute atomic E-state index is 11.5. The molecule has 1 aromatic rings. The number of aliphatic hydroxyl groups is 1. The van der Waals surface area contributed by atoms with E-state index in [1.54, 1.807) is 11.3 Å². The van der Waals surface area contributed by atoms with Crippen LogP contribution >= 0.6 is 11.3 Å². The van der Waals surface area contributed by atoms with E-state index in [0.29, 0.717) is 13.0 Å². The van der Waals surface area contributed by atoms with Gasteiger partial charge < -0.3 is 15.7 Å². The van der Waals surface area contributed by atoms with E-state index < -0.39 is 0 Å². The van der Waals surface area contributed by atoms with Gasteiger partial charge in [0.05, 0.1) is 29.9 Å². The average Bonchev–Trinajstić information content (AvgIpc) is 2.62. The number of rotatable bonds is 5. The Kier molecular flexibility index (Phi) is 5.37. The van der Waals surface area contributed by atoms with E-state index >= 15 is 0 Å². The summed E-state index contributed by atoms with van der Waals surface area (Å²) < 4.78 is 0. The van der Waals surface area contributed by atoms with Crippen molar-refractivity contribution in [3.05, 3.63) is 15.6 Å². The van der Waals surface area contributed by atoms with Gasteiger partial charge in [-0.15, -0.1) is 11.3 Å². The van der Waals surface area contributed by atoms with Gasteiger partial charge in [-0.2, -0.15) is 0 Å². The van der Waals surface area contributed by atoms with Crippen LogP contribution in [0, 0.1) is 13.8 Å². The number of hydrogen-bond acceptors (Lipinski definition) is 4. The fourth-order valence-electron chi connectivity index (χ4n) is 1.41. The zero-order chi connectivity index (χ0) is 12.8. The maximum Gasteiger partial charge on any atom is 0.315 e. The number of thiazole rings is 1. The third kappa shape index (κ3) is 4.32. The normalized spacial score (nSPS) is 12.2.